The van der Waals surface area contributed by atoms with Gasteiger partial charge in [-0.1, -0.05) is 42.5 Å². The Labute approximate surface area is 99.2 Å². The molecule has 0 bridgehead atoms. The maximum Gasteiger partial charge on any atom is 0.150 e. The number of allylic oxidation sites excluding steroid dienone is 1. The highest BCUT2D eigenvalue weighted by Gasteiger charge is 2.01. The van der Waals surface area contributed by atoms with Crippen LogP contribution in [0, 0.1) is 5.82 Å². The number of halogens is 1. The summed E-state index contributed by atoms with van der Waals surface area (Å²) >= 11 is 0. The number of carbonyl (C=O) groups excluding carboxylic acids is 1. The lowest BCUT2D eigenvalue weighted by atomic mass is 10.0. The molecule has 0 N–H and O–H groups in total. The molecule has 0 aliphatic heterocycles. The van der Waals surface area contributed by atoms with E-state index in [9.17, 15) is 9.18 Å². The van der Waals surface area contributed by atoms with Crippen molar-refractivity contribution in [2.75, 3.05) is 0 Å². The third-order valence-electron chi connectivity index (χ3n) is 2.41. The monoisotopic (exact) mass is 226 g/mol. The number of rotatable bonds is 3. The summed E-state index contributed by atoms with van der Waals surface area (Å²) in [5.41, 5.74) is 1.97. The molecule has 0 radical (unpaired) electrons. The van der Waals surface area contributed by atoms with Crippen LogP contribution in [0.25, 0.3) is 11.6 Å². The predicted molar refractivity (Wildman–Crippen MR) is 66.8 cm³/mol. The van der Waals surface area contributed by atoms with E-state index in [0.29, 0.717) is 11.1 Å². The van der Waals surface area contributed by atoms with Gasteiger partial charge in [-0.25, -0.2) is 4.39 Å². The van der Waals surface area contributed by atoms with E-state index in [-0.39, 0.29) is 5.82 Å². The fraction of sp³-hybridized carbons (Fsp3) is 0. The molecular weight excluding hydrogens is 215 g/mol. The van der Waals surface area contributed by atoms with Gasteiger partial charge in [0.05, 0.1) is 0 Å². The van der Waals surface area contributed by atoms with Gasteiger partial charge in [-0.2, -0.15) is 0 Å². The summed E-state index contributed by atoms with van der Waals surface area (Å²) < 4.78 is 13.1. The Morgan fingerprint density at radius 2 is 1.76 bits per heavy atom. The molecule has 2 aromatic carbocycles. The molecule has 2 heteroatoms. The van der Waals surface area contributed by atoms with Gasteiger partial charge in [0.2, 0.25) is 0 Å². The molecule has 84 valence electrons. The fourth-order valence-electron chi connectivity index (χ4n) is 1.58. The van der Waals surface area contributed by atoms with E-state index in [2.05, 4.69) is 0 Å². The second kappa shape index (κ2) is 5.21. The molecule has 0 saturated carbocycles. The van der Waals surface area contributed by atoms with Crippen LogP contribution in [0.3, 0.4) is 0 Å². The molecule has 0 saturated heterocycles. The number of benzene rings is 2. The second-order valence-electron chi connectivity index (χ2n) is 3.64. The average Bonchev–Trinajstić information content (AvgIpc) is 2.37. The van der Waals surface area contributed by atoms with E-state index in [4.69, 9.17) is 0 Å². The number of aldehydes is 1. The Morgan fingerprint density at radius 3 is 2.41 bits per heavy atom. The number of hydrogen-bond donors (Lipinski definition) is 0. The Balaban J connectivity index is 2.41. The largest absolute Gasteiger partial charge is 0.298 e. The molecule has 0 aliphatic carbocycles. The van der Waals surface area contributed by atoms with Crippen LogP contribution >= 0.6 is 0 Å². The SMILES string of the molecule is O=C/C(=C/c1ccccc1)c1cccc(F)c1. The molecule has 2 rings (SSSR count). The van der Waals surface area contributed by atoms with Crippen LogP contribution in [0.15, 0.2) is 54.6 Å². The van der Waals surface area contributed by atoms with E-state index in [1.54, 1.807) is 18.2 Å². The second-order valence-corrected chi connectivity index (χ2v) is 3.64. The predicted octanol–water partition coefficient (Wildman–Crippen LogP) is 3.57. The zero-order chi connectivity index (χ0) is 12.1. The van der Waals surface area contributed by atoms with Gasteiger partial charge in [0.15, 0.2) is 6.29 Å². The molecule has 0 amide bonds. The summed E-state index contributed by atoms with van der Waals surface area (Å²) in [6.45, 7) is 0. The number of hydrogen-bond acceptors (Lipinski definition) is 1. The first-order valence-corrected chi connectivity index (χ1v) is 5.27. The van der Waals surface area contributed by atoms with Crippen molar-refractivity contribution in [3.8, 4) is 0 Å². The average molecular weight is 226 g/mol. The molecule has 0 spiro atoms. The highest BCUT2D eigenvalue weighted by molar-refractivity contribution is 6.13. The molecule has 0 atom stereocenters. The molecule has 0 aromatic heterocycles. The topological polar surface area (TPSA) is 17.1 Å². The normalized spacial score (nSPS) is 11.2. The summed E-state index contributed by atoms with van der Waals surface area (Å²) in [6, 6.07) is 15.5. The van der Waals surface area contributed by atoms with Crippen molar-refractivity contribution < 1.29 is 9.18 Å². The third-order valence-corrected chi connectivity index (χ3v) is 2.41. The van der Waals surface area contributed by atoms with Gasteiger partial charge >= 0.3 is 0 Å². The highest BCUT2D eigenvalue weighted by Crippen LogP contribution is 2.17. The Kier molecular flexibility index (Phi) is 3.46. The van der Waals surface area contributed by atoms with Crippen LogP contribution in [0.1, 0.15) is 11.1 Å². The third kappa shape index (κ3) is 2.88. The quantitative estimate of drug-likeness (QED) is 0.444. The van der Waals surface area contributed by atoms with Crippen molar-refractivity contribution in [2.45, 2.75) is 0 Å². The highest BCUT2D eigenvalue weighted by atomic mass is 19.1. The van der Waals surface area contributed by atoms with Crippen molar-refractivity contribution in [2.24, 2.45) is 0 Å². The summed E-state index contributed by atoms with van der Waals surface area (Å²) in [6.07, 6.45) is 2.48. The molecular formula is C15H11FO. The van der Waals surface area contributed by atoms with Gasteiger partial charge in [-0.05, 0) is 29.3 Å². The smallest absolute Gasteiger partial charge is 0.150 e. The maximum atomic E-state index is 13.1. The minimum Gasteiger partial charge on any atom is -0.298 e. The van der Waals surface area contributed by atoms with Gasteiger partial charge in [0.1, 0.15) is 5.82 Å². The minimum absolute atomic E-state index is 0.344. The first-order chi connectivity index (χ1) is 8.29. The zero-order valence-corrected chi connectivity index (χ0v) is 9.14. The molecule has 0 unspecified atom stereocenters. The van der Waals surface area contributed by atoms with Gasteiger partial charge in [0.25, 0.3) is 0 Å². The van der Waals surface area contributed by atoms with Crippen molar-refractivity contribution >= 4 is 17.9 Å². The molecule has 0 heterocycles. The van der Waals surface area contributed by atoms with Crippen LogP contribution in [-0.4, -0.2) is 6.29 Å². The van der Waals surface area contributed by atoms with Crippen LogP contribution < -0.4 is 0 Å². The molecule has 17 heavy (non-hydrogen) atoms. The van der Waals surface area contributed by atoms with Crippen molar-refractivity contribution in [1.82, 2.24) is 0 Å². The standard InChI is InChI=1S/C15H11FO/c16-15-8-4-7-13(10-15)14(11-17)9-12-5-2-1-3-6-12/h1-11H/b14-9-. The summed E-state index contributed by atoms with van der Waals surface area (Å²) in [5.74, 6) is -0.344. The summed E-state index contributed by atoms with van der Waals surface area (Å²) in [5, 5.41) is 0. The fourth-order valence-corrected chi connectivity index (χ4v) is 1.58. The van der Waals surface area contributed by atoms with Gasteiger partial charge in [-0.15, -0.1) is 0 Å². The Morgan fingerprint density at radius 1 is 1.00 bits per heavy atom. The number of carbonyl (C=O) groups is 1. The first-order valence-electron chi connectivity index (χ1n) is 5.27. The van der Waals surface area contributed by atoms with Crippen LogP contribution in [0.4, 0.5) is 4.39 Å². The van der Waals surface area contributed by atoms with Gasteiger partial charge in [-0.3, -0.25) is 4.79 Å². The van der Waals surface area contributed by atoms with E-state index in [0.717, 1.165) is 11.8 Å². The van der Waals surface area contributed by atoms with E-state index < -0.39 is 0 Å². The first kappa shape index (κ1) is 11.3. The van der Waals surface area contributed by atoms with Crippen molar-refractivity contribution in [3.63, 3.8) is 0 Å². The van der Waals surface area contributed by atoms with E-state index in [1.807, 2.05) is 30.3 Å². The molecule has 2 aromatic rings. The van der Waals surface area contributed by atoms with Crippen LogP contribution in [0.2, 0.25) is 0 Å². The van der Waals surface area contributed by atoms with Gasteiger partial charge < -0.3 is 0 Å². The van der Waals surface area contributed by atoms with E-state index >= 15 is 0 Å². The molecule has 0 aliphatic rings. The lowest BCUT2D eigenvalue weighted by Crippen LogP contribution is -1.87. The Bertz CT molecular complexity index is 544. The van der Waals surface area contributed by atoms with Gasteiger partial charge in [0, 0.05) is 5.57 Å². The van der Waals surface area contributed by atoms with E-state index in [1.165, 1.54) is 12.1 Å². The minimum atomic E-state index is -0.344. The van der Waals surface area contributed by atoms with Crippen LogP contribution in [-0.2, 0) is 4.79 Å². The van der Waals surface area contributed by atoms with Crippen molar-refractivity contribution in [3.05, 3.63) is 71.5 Å². The molecule has 0 fully saturated rings. The summed E-state index contributed by atoms with van der Waals surface area (Å²) in [7, 11) is 0. The lowest BCUT2D eigenvalue weighted by molar-refractivity contribution is -0.103. The maximum absolute atomic E-state index is 13.1. The molecule has 1 nitrogen and oxygen atoms in total. The van der Waals surface area contributed by atoms with Crippen molar-refractivity contribution in [1.29, 1.82) is 0 Å². The zero-order valence-electron chi connectivity index (χ0n) is 9.14. The van der Waals surface area contributed by atoms with Crippen LogP contribution in [0.5, 0.6) is 0 Å². The lowest BCUT2D eigenvalue weighted by Gasteiger charge is -2.01. The summed E-state index contributed by atoms with van der Waals surface area (Å²) in [4.78, 5) is 11.0. The Hall–Kier alpha value is -2.22.